The minimum Gasteiger partial charge on any atom is -0.367 e. The number of piperazine rings is 1. The van der Waals surface area contributed by atoms with Crippen LogP contribution in [-0.2, 0) is 16.1 Å². The number of hydrogen-bond donors (Lipinski definition) is 2. The Balaban J connectivity index is 1.37. The van der Waals surface area contributed by atoms with Crippen LogP contribution in [0.2, 0.25) is 0 Å². The van der Waals surface area contributed by atoms with Gasteiger partial charge in [0.1, 0.15) is 11.6 Å². The molecule has 3 aromatic rings. The second-order valence-corrected chi connectivity index (χ2v) is 9.49. The quantitative estimate of drug-likeness (QED) is 0.488. The predicted molar refractivity (Wildman–Crippen MR) is 133 cm³/mol. The molecular weight excluding hydrogens is 470 g/mol. The van der Waals surface area contributed by atoms with Crippen LogP contribution in [-0.4, -0.2) is 48.9 Å². The molecular formula is C26H28F2N4O2S. The second-order valence-electron chi connectivity index (χ2n) is 8.51. The van der Waals surface area contributed by atoms with Crippen LogP contribution in [0.15, 0.2) is 66.0 Å². The zero-order valence-electron chi connectivity index (χ0n) is 19.4. The van der Waals surface area contributed by atoms with Gasteiger partial charge in [0.05, 0.1) is 11.7 Å². The van der Waals surface area contributed by atoms with Crippen molar-refractivity contribution in [1.29, 1.82) is 0 Å². The largest absolute Gasteiger partial charge is 0.367 e. The number of nitrogens with zero attached hydrogens (tertiary/aromatic N) is 2. The van der Waals surface area contributed by atoms with Crippen molar-refractivity contribution in [2.75, 3.05) is 31.1 Å². The van der Waals surface area contributed by atoms with Crippen LogP contribution < -0.4 is 15.5 Å². The molecule has 35 heavy (non-hydrogen) atoms. The minimum atomic E-state index is -0.740. The molecule has 6 nitrogen and oxygen atoms in total. The normalized spacial score (nSPS) is 15.9. The fourth-order valence-electron chi connectivity index (χ4n) is 4.37. The van der Waals surface area contributed by atoms with Gasteiger partial charge in [0.25, 0.3) is 0 Å². The smallest absolute Gasteiger partial charge is 0.309 e. The molecule has 0 radical (unpaired) electrons. The molecule has 0 bridgehead atoms. The van der Waals surface area contributed by atoms with Gasteiger partial charge in [-0.05, 0) is 48.2 Å². The first kappa shape index (κ1) is 24.8. The Labute approximate surface area is 207 Å². The molecule has 2 amide bonds. The molecule has 184 valence electrons. The molecule has 0 unspecified atom stereocenters. The molecule has 9 heteroatoms. The summed E-state index contributed by atoms with van der Waals surface area (Å²) in [7, 11) is 0. The summed E-state index contributed by atoms with van der Waals surface area (Å²) in [5.41, 5.74) is 1.30. The fraction of sp³-hybridized carbons (Fsp3) is 0.308. The number of nitrogens with one attached hydrogen (secondary N) is 2. The third-order valence-corrected chi connectivity index (χ3v) is 7.08. The summed E-state index contributed by atoms with van der Waals surface area (Å²) in [6.07, 6.45) is 0. The summed E-state index contributed by atoms with van der Waals surface area (Å²) < 4.78 is 27.3. The number of amides is 2. The van der Waals surface area contributed by atoms with Gasteiger partial charge in [-0.2, -0.15) is 0 Å². The summed E-state index contributed by atoms with van der Waals surface area (Å²) in [4.78, 5) is 30.4. The standard InChI is InChI=1S/C26H28F2N4O2S/c1-18(30-26(34)25(33)29-17-19-8-10-20(27)11-9-19)24(23-7-4-16-35-23)32-14-12-31(13-15-32)22-6-3-2-5-21(22)28/h2-11,16,18,24H,12-15,17H2,1H3,(H,29,33)(H,30,34)/t18-,24-/m0/s1. The summed E-state index contributed by atoms with van der Waals surface area (Å²) >= 11 is 1.60. The molecule has 2 N–H and O–H groups in total. The van der Waals surface area contributed by atoms with E-state index in [1.165, 1.54) is 18.2 Å². The molecule has 1 aliphatic heterocycles. The van der Waals surface area contributed by atoms with E-state index in [1.54, 1.807) is 35.6 Å². The Hall–Kier alpha value is -3.30. The Morgan fingerprint density at radius 3 is 2.31 bits per heavy atom. The summed E-state index contributed by atoms with van der Waals surface area (Å²) in [5, 5.41) is 7.41. The van der Waals surface area contributed by atoms with Crippen molar-refractivity contribution in [3.63, 3.8) is 0 Å². The number of anilines is 1. The van der Waals surface area contributed by atoms with Crippen molar-refractivity contribution in [3.05, 3.63) is 88.1 Å². The third kappa shape index (κ3) is 6.23. The molecule has 2 heterocycles. The maximum Gasteiger partial charge on any atom is 0.309 e. The van der Waals surface area contributed by atoms with Gasteiger partial charge in [0, 0.05) is 43.6 Å². The zero-order chi connectivity index (χ0) is 24.8. The molecule has 0 saturated carbocycles. The maximum absolute atomic E-state index is 14.2. The van der Waals surface area contributed by atoms with E-state index in [0.717, 1.165) is 4.88 Å². The molecule has 2 atom stereocenters. The van der Waals surface area contributed by atoms with Gasteiger partial charge in [-0.15, -0.1) is 11.3 Å². The van der Waals surface area contributed by atoms with Gasteiger partial charge < -0.3 is 15.5 Å². The predicted octanol–water partition coefficient (Wildman–Crippen LogP) is 3.71. The van der Waals surface area contributed by atoms with Crippen LogP contribution in [0.1, 0.15) is 23.4 Å². The lowest BCUT2D eigenvalue weighted by Crippen LogP contribution is -2.53. The zero-order valence-corrected chi connectivity index (χ0v) is 20.2. The molecule has 0 spiro atoms. The van der Waals surface area contributed by atoms with Crippen LogP contribution in [0, 0.1) is 11.6 Å². The summed E-state index contributed by atoms with van der Waals surface area (Å²) in [6, 6.07) is 16.0. The minimum absolute atomic E-state index is 0.119. The van der Waals surface area contributed by atoms with E-state index < -0.39 is 11.8 Å². The van der Waals surface area contributed by atoms with Gasteiger partial charge in [-0.3, -0.25) is 14.5 Å². The molecule has 2 aromatic carbocycles. The van der Waals surface area contributed by atoms with Crippen LogP contribution in [0.3, 0.4) is 0 Å². The average molecular weight is 499 g/mol. The highest BCUT2D eigenvalue weighted by molar-refractivity contribution is 7.10. The van der Waals surface area contributed by atoms with Crippen molar-refractivity contribution >= 4 is 28.8 Å². The number of hydrogen-bond acceptors (Lipinski definition) is 5. The maximum atomic E-state index is 14.2. The number of halogens is 2. The van der Waals surface area contributed by atoms with Crippen LogP contribution in [0.4, 0.5) is 14.5 Å². The van der Waals surface area contributed by atoms with E-state index in [-0.39, 0.29) is 30.3 Å². The topological polar surface area (TPSA) is 64.7 Å². The monoisotopic (exact) mass is 498 g/mol. The molecule has 1 aliphatic rings. The molecule has 1 aromatic heterocycles. The summed E-state index contributed by atoms with van der Waals surface area (Å²) in [6.45, 7) is 4.71. The van der Waals surface area contributed by atoms with Crippen molar-refractivity contribution < 1.29 is 18.4 Å². The average Bonchev–Trinajstić information content (AvgIpc) is 3.39. The van der Waals surface area contributed by atoms with Gasteiger partial charge in [0.2, 0.25) is 0 Å². The van der Waals surface area contributed by atoms with Crippen LogP contribution >= 0.6 is 11.3 Å². The Morgan fingerprint density at radius 1 is 0.943 bits per heavy atom. The third-order valence-electron chi connectivity index (χ3n) is 6.14. The van der Waals surface area contributed by atoms with E-state index in [0.29, 0.717) is 37.4 Å². The van der Waals surface area contributed by atoms with Gasteiger partial charge in [-0.25, -0.2) is 8.78 Å². The lowest BCUT2D eigenvalue weighted by molar-refractivity contribution is -0.140. The number of para-hydroxylation sites is 1. The number of benzene rings is 2. The molecule has 4 rings (SSSR count). The van der Waals surface area contributed by atoms with E-state index >= 15 is 0 Å². The van der Waals surface area contributed by atoms with Crippen molar-refractivity contribution in [2.45, 2.75) is 25.6 Å². The SMILES string of the molecule is C[C@H](NC(=O)C(=O)NCc1ccc(F)cc1)[C@@H](c1cccs1)N1CCN(c2ccccc2F)CC1. The van der Waals surface area contributed by atoms with Crippen molar-refractivity contribution in [1.82, 2.24) is 15.5 Å². The fourth-order valence-corrected chi connectivity index (χ4v) is 5.33. The van der Waals surface area contributed by atoms with E-state index in [9.17, 15) is 18.4 Å². The van der Waals surface area contributed by atoms with Crippen LogP contribution in [0.5, 0.6) is 0 Å². The second kappa shape index (κ2) is 11.4. The molecule has 1 fully saturated rings. The van der Waals surface area contributed by atoms with Gasteiger partial charge in [0.15, 0.2) is 0 Å². The first-order valence-electron chi connectivity index (χ1n) is 11.5. The number of carbonyl (C=O) groups excluding carboxylic acids is 2. The first-order chi connectivity index (χ1) is 16.9. The number of carbonyl (C=O) groups is 2. The summed E-state index contributed by atoms with van der Waals surface area (Å²) in [5.74, 6) is -2.05. The highest BCUT2D eigenvalue weighted by atomic mass is 32.1. The highest BCUT2D eigenvalue weighted by Gasteiger charge is 2.32. The first-order valence-corrected chi connectivity index (χ1v) is 12.4. The Morgan fingerprint density at radius 2 is 1.66 bits per heavy atom. The van der Waals surface area contributed by atoms with Crippen molar-refractivity contribution in [2.24, 2.45) is 0 Å². The van der Waals surface area contributed by atoms with E-state index in [4.69, 9.17) is 0 Å². The Kier molecular flexibility index (Phi) is 8.09. The Bertz CT molecular complexity index is 1130. The lowest BCUT2D eigenvalue weighted by atomic mass is 10.0. The number of rotatable bonds is 7. The molecule has 1 saturated heterocycles. The van der Waals surface area contributed by atoms with Crippen molar-refractivity contribution in [3.8, 4) is 0 Å². The molecule has 0 aliphatic carbocycles. The van der Waals surface area contributed by atoms with Gasteiger partial charge >= 0.3 is 11.8 Å². The van der Waals surface area contributed by atoms with E-state index in [2.05, 4.69) is 15.5 Å². The number of thiophene rings is 1. The lowest BCUT2D eigenvalue weighted by Gasteiger charge is -2.42. The van der Waals surface area contributed by atoms with Gasteiger partial charge in [-0.1, -0.05) is 30.3 Å². The van der Waals surface area contributed by atoms with Crippen LogP contribution in [0.25, 0.3) is 0 Å². The van der Waals surface area contributed by atoms with E-state index in [1.807, 2.05) is 35.4 Å². The highest BCUT2D eigenvalue weighted by Crippen LogP contribution is 2.30.